The number of nitrogens with one attached hydrogen (secondary N) is 1. The van der Waals surface area contributed by atoms with E-state index in [1.165, 1.54) is 32.1 Å². The largest absolute Gasteiger partial charge is 0.271 e. The highest BCUT2D eigenvalue weighted by Crippen LogP contribution is 2.08. The minimum Gasteiger partial charge on any atom is -0.271 e. The zero-order chi connectivity index (χ0) is 8.53. The summed E-state index contributed by atoms with van der Waals surface area (Å²) in [5.74, 6) is 5.94. The van der Waals surface area contributed by atoms with Crippen LogP contribution in [0.25, 0.3) is 0 Å². The average molecular weight is 158 g/mol. The lowest BCUT2D eigenvalue weighted by Crippen LogP contribution is -2.27. The third kappa shape index (κ3) is 7.82. The summed E-state index contributed by atoms with van der Waals surface area (Å²) < 4.78 is 0. The molecule has 3 N–H and O–H groups in total. The fourth-order valence-corrected chi connectivity index (χ4v) is 1.22. The highest BCUT2D eigenvalue weighted by molar-refractivity contribution is 4.54. The van der Waals surface area contributed by atoms with E-state index in [0.717, 1.165) is 12.5 Å². The van der Waals surface area contributed by atoms with E-state index in [2.05, 4.69) is 19.3 Å². The fraction of sp³-hybridized carbons (Fsp3) is 1.00. The van der Waals surface area contributed by atoms with Crippen molar-refractivity contribution in [3.05, 3.63) is 0 Å². The first-order chi connectivity index (χ1) is 5.31. The predicted octanol–water partition coefficient (Wildman–Crippen LogP) is 2.06. The maximum atomic E-state index is 5.21. The van der Waals surface area contributed by atoms with Crippen LogP contribution in [0, 0.1) is 5.92 Å². The van der Waals surface area contributed by atoms with Gasteiger partial charge in [0.15, 0.2) is 0 Å². The Hall–Kier alpha value is -0.0800. The molecule has 0 aliphatic carbocycles. The molecule has 0 saturated carbocycles. The third-order valence-corrected chi connectivity index (χ3v) is 2.02. The number of hydrogen-bond donors (Lipinski definition) is 2. The molecule has 0 amide bonds. The zero-order valence-corrected chi connectivity index (χ0v) is 7.90. The Kier molecular flexibility index (Phi) is 7.96. The van der Waals surface area contributed by atoms with Crippen LogP contribution in [0.3, 0.4) is 0 Å². The topological polar surface area (TPSA) is 38.0 Å². The van der Waals surface area contributed by atoms with E-state index in [9.17, 15) is 0 Å². The molecular formula is C9H22N2. The van der Waals surface area contributed by atoms with Gasteiger partial charge in [-0.3, -0.25) is 11.3 Å². The van der Waals surface area contributed by atoms with Gasteiger partial charge < -0.3 is 0 Å². The Morgan fingerprint density at radius 2 is 2.00 bits per heavy atom. The fourth-order valence-electron chi connectivity index (χ4n) is 1.22. The first-order valence-corrected chi connectivity index (χ1v) is 4.74. The monoisotopic (exact) mass is 158 g/mol. The minimum absolute atomic E-state index is 0.733. The third-order valence-electron chi connectivity index (χ3n) is 2.02. The molecule has 0 aromatic carbocycles. The van der Waals surface area contributed by atoms with E-state index in [-0.39, 0.29) is 0 Å². The number of unbranched alkanes of at least 4 members (excludes halogenated alkanes) is 3. The molecule has 0 rings (SSSR count). The molecule has 2 heteroatoms. The van der Waals surface area contributed by atoms with Gasteiger partial charge in [-0.05, 0) is 12.3 Å². The van der Waals surface area contributed by atoms with Gasteiger partial charge in [0, 0.05) is 6.54 Å². The minimum atomic E-state index is 0.733. The maximum Gasteiger partial charge on any atom is 0.0123 e. The lowest BCUT2D eigenvalue weighted by atomic mass is 10.0. The van der Waals surface area contributed by atoms with Crippen molar-refractivity contribution < 1.29 is 0 Å². The molecule has 0 aromatic rings. The molecule has 0 fully saturated rings. The number of hydrogen-bond acceptors (Lipinski definition) is 2. The summed E-state index contributed by atoms with van der Waals surface area (Å²) >= 11 is 0. The average Bonchev–Trinajstić information content (AvgIpc) is 1.99. The molecule has 0 radical (unpaired) electrons. The summed E-state index contributed by atoms with van der Waals surface area (Å²) in [5, 5.41) is 0. The van der Waals surface area contributed by atoms with Crippen LogP contribution < -0.4 is 11.3 Å². The Balaban J connectivity index is 2.97. The predicted molar refractivity (Wildman–Crippen MR) is 50.1 cm³/mol. The van der Waals surface area contributed by atoms with Gasteiger partial charge in [-0.1, -0.05) is 39.5 Å². The van der Waals surface area contributed by atoms with Gasteiger partial charge >= 0.3 is 0 Å². The SMILES string of the molecule is CCCCCCC(C)CNN. The number of rotatable bonds is 7. The molecule has 0 heterocycles. The normalized spacial score (nSPS) is 13.4. The molecular weight excluding hydrogens is 136 g/mol. The van der Waals surface area contributed by atoms with Crippen molar-refractivity contribution in [2.45, 2.75) is 46.0 Å². The van der Waals surface area contributed by atoms with Crippen molar-refractivity contribution in [3.63, 3.8) is 0 Å². The summed E-state index contributed by atoms with van der Waals surface area (Å²) in [6.45, 7) is 5.43. The molecule has 11 heavy (non-hydrogen) atoms. The van der Waals surface area contributed by atoms with E-state index in [1.807, 2.05) is 0 Å². The second kappa shape index (κ2) is 8.02. The van der Waals surface area contributed by atoms with Gasteiger partial charge in [-0.25, -0.2) is 0 Å². The maximum absolute atomic E-state index is 5.21. The molecule has 0 aromatic heterocycles. The summed E-state index contributed by atoms with van der Waals surface area (Å²) in [6, 6.07) is 0. The molecule has 1 unspecified atom stereocenters. The quantitative estimate of drug-likeness (QED) is 0.338. The number of nitrogens with two attached hydrogens (primary N) is 1. The van der Waals surface area contributed by atoms with E-state index in [4.69, 9.17) is 5.84 Å². The van der Waals surface area contributed by atoms with Gasteiger partial charge in [0.2, 0.25) is 0 Å². The van der Waals surface area contributed by atoms with Gasteiger partial charge in [0.1, 0.15) is 0 Å². The molecule has 0 spiro atoms. The molecule has 68 valence electrons. The first kappa shape index (κ1) is 10.9. The van der Waals surface area contributed by atoms with Gasteiger partial charge in [-0.15, -0.1) is 0 Å². The smallest absolute Gasteiger partial charge is 0.0123 e. The van der Waals surface area contributed by atoms with E-state index >= 15 is 0 Å². The van der Waals surface area contributed by atoms with Crippen LogP contribution >= 0.6 is 0 Å². The second-order valence-electron chi connectivity index (χ2n) is 3.36. The summed E-state index contributed by atoms with van der Waals surface area (Å²) in [4.78, 5) is 0. The van der Waals surface area contributed by atoms with Crippen LogP contribution in [0.15, 0.2) is 0 Å². The lowest BCUT2D eigenvalue weighted by molar-refractivity contribution is 0.460. The van der Waals surface area contributed by atoms with Crippen molar-refractivity contribution in [1.29, 1.82) is 0 Å². The van der Waals surface area contributed by atoms with Crippen LogP contribution in [0.4, 0.5) is 0 Å². The van der Waals surface area contributed by atoms with Crippen molar-refractivity contribution in [3.8, 4) is 0 Å². The number of hydrazine groups is 1. The summed E-state index contributed by atoms with van der Waals surface area (Å²) in [5.41, 5.74) is 2.71. The second-order valence-corrected chi connectivity index (χ2v) is 3.36. The van der Waals surface area contributed by atoms with Crippen molar-refractivity contribution >= 4 is 0 Å². The van der Waals surface area contributed by atoms with E-state index in [0.29, 0.717) is 0 Å². The molecule has 0 saturated heterocycles. The van der Waals surface area contributed by atoms with Crippen LogP contribution in [0.1, 0.15) is 46.0 Å². The van der Waals surface area contributed by atoms with Crippen molar-refractivity contribution in [2.75, 3.05) is 6.54 Å². The van der Waals surface area contributed by atoms with E-state index < -0.39 is 0 Å². The highest BCUT2D eigenvalue weighted by atomic mass is 15.2. The molecule has 0 aliphatic rings. The van der Waals surface area contributed by atoms with Crippen LogP contribution in [-0.4, -0.2) is 6.54 Å². The lowest BCUT2D eigenvalue weighted by Gasteiger charge is -2.09. The van der Waals surface area contributed by atoms with Crippen LogP contribution in [-0.2, 0) is 0 Å². The molecule has 1 atom stereocenters. The van der Waals surface area contributed by atoms with Crippen molar-refractivity contribution in [1.82, 2.24) is 5.43 Å². The van der Waals surface area contributed by atoms with Gasteiger partial charge in [0.05, 0.1) is 0 Å². The van der Waals surface area contributed by atoms with E-state index in [1.54, 1.807) is 0 Å². The molecule has 0 aliphatic heterocycles. The van der Waals surface area contributed by atoms with Gasteiger partial charge in [-0.2, -0.15) is 0 Å². The summed E-state index contributed by atoms with van der Waals surface area (Å²) in [6.07, 6.45) is 6.75. The highest BCUT2D eigenvalue weighted by Gasteiger charge is 1.98. The van der Waals surface area contributed by atoms with Gasteiger partial charge in [0.25, 0.3) is 0 Å². The molecule has 0 bridgehead atoms. The first-order valence-electron chi connectivity index (χ1n) is 4.74. The Labute approximate surface area is 70.5 Å². The Morgan fingerprint density at radius 1 is 1.27 bits per heavy atom. The Morgan fingerprint density at radius 3 is 2.55 bits per heavy atom. The molecule has 2 nitrogen and oxygen atoms in total. The van der Waals surface area contributed by atoms with Crippen LogP contribution in [0.5, 0.6) is 0 Å². The summed E-state index contributed by atoms with van der Waals surface area (Å²) in [7, 11) is 0. The zero-order valence-electron chi connectivity index (χ0n) is 7.90. The van der Waals surface area contributed by atoms with Crippen molar-refractivity contribution in [2.24, 2.45) is 11.8 Å². The van der Waals surface area contributed by atoms with Crippen LogP contribution in [0.2, 0.25) is 0 Å². The Bertz CT molecular complexity index is 74.0. The standard InChI is InChI=1S/C9H22N2/c1-3-4-5-6-7-9(2)8-11-10/h9,11H,3-8,10H2,1-2H3.